The van der Waals surface area contributed by atoms with Crippen molar-refractivity contribution in [2.75, 3.05) is 38.1 Å². The molecule has 9 heteroatoms. The summed E-state index contributed by atoms with van der Waals surface area (Å²) in [5.74, 6) is 0.663. The molecule has 0 unspecified atom stereocenters. The number of piperazine rings is 1. The number of nitrogens with zero attached hydrogens (tertiary/aromatic N) is 7. The number of halogens is 2. The highest BCUT2D eigenvalue weighted by atomic mass is 35.5. The highest BCUT2D eigenvalue weighted by molar-refractivity contribution is 5.85. The molecule has 0 N–H and O–H groups in total. The van der Waals surface area contributed by atoms with E-state index < -0.39 is 0 Å². The Morgan fingerprint density at radius 3 is 2.33 bits per heavy atom. The molecule has 0 atom stereocenters. The number of likely N-dealkylation sites (N-methyl/N-ethyl adjacent to an activating group) is 1. The first kappa shape index (κ1) is 20.3. The SMILES string of the molecule is CN1CCN(c2cc(-c3cnn(C)c3)c3nc(-c4ccc(F)cc4)cn3n2)CC1.Cl. The molecule has 1 saturated heterocycles. The minimum Gasteiger partial charge on any atom is -0.353 e. The van der Waals surface area contributed by atoms with Gasteiger partial charge in [0.25, 0.3) is 0 Å². The van der Waals surface area contributed by atoms with E-state index >= 15 is 0 Å². The maximum atomic E-state index is 13.3. The zero-order valence-corrected chi connectivity index (χ0v) is 17.7. The molecule has 0 bridgehead atoms. The van der Waals surface area contributed by atoms with E-state index in [9.17, 15) is 4.39 Å². The van der Waals surface area contributed by atoms with E-state index in [4.69, 9.17) is 10.1 Å². The smallest absolute Gasteiger partial charge is 0.162 e. The molecule has 1 fully saturated rings. The third-order valence-corrected chi connectivity index (χ3v) is 5.40. The van der Waals surface area contributed by atoms with E-state index in [0.29, 0.717) is 0 Å². The first-order valence-corrected chi connectivity index (χ1v) is 9.66. The van der Waals surface area contributed by atoms with Gasteiger partial charge in [0.05, 0.1) is 18.1 Å². The number of benzene rings is 1. The average molecular weight is 428 g/mol. The maximum absolute atomic E-state index is 13.3. The lowest BCUT2D eigenvalue weighted by Gasteiger charge is -2.33. The topological polar surface area (TPSA) is 54.5 Å². The molecule has 0 saturated carbocycles. The summed E-state index contributed by atoms with van der Waals surface area (Å²) in [7, 11) is 4.04. The van der Waals surface area contributed by atoms with Crippen molar-refractivity contribution in [1.82, 2.24) is 29.3 Å². The minimum absolute atomic E-state index is 0. The largest absolute Gasteiger partial charge is 0.353 e. The first-order chi connectivity index (χ1) is 14.1. The Labute approximate surface area is 180 Å². The van der Waals surface area contributed by atoms with Gasteiger partial charge in [-0.3, -0.25) is 4.68 Å². The monoisotopic (exact) mass is 427 g/mol. The molecule has 0 amide bonds. The quantitative estimate of drug-likeness (QED) is 0.503. The molecular weight excluding hydrogens is 405 g/mol. The molecule has 156 valence electrons. The van der Waals surface area contributed by atoms with Gasteiger partial charge in [0.2, 0.25) is 0 Å². The maximum Gasteiger partial charge on any atom is 0.162 e. The predicted molar refractivity (Wildman–Crippen MR) is 118 cm³/mol. The molecule has 0 radical (unpaired) electrons. The summed E-state index contributed by atoms with van der Waals surface area (Å²) in [6, 6.07) is 8.47. The van der Waals surface area contributed by atoms with Crippen molar-refractivity contribution in [1.29, 1.82) is 0 Å². The van der Waals surface area contributed by atoms with Crippen LogP contribution in [0.15, 0.2) is 48.9 Å². The summed E-state index contributed by atoms with van der Waals surface area (Å²) < 4.78 is 16.9. The highest BCUT2D eigenvalue weighted by Crippen LogP contribution is 2.30. The average Bonchev–Trinajstić information content (AvgIpc) is 3.34. The molecule has 3 aromatic heterocycles. The second-order valence-corrected chi connectivity index (χ2v) is 7.51. The molecule has 1 aliphatic heterocycles. The summed E-state index contributed by atoms with van der Waals surface area (Å²) in [6.45, 7) is 3.88. The van der Waals surface area contributed by atoms with E-state index in [1.165, 1.54) is 12.1 Å². The molecule has 5 rings (SSSR count). The zero-order chi connectivity index (χ0) is 20.0. The van der Waals surface area contributed by atoms with Crippen LogP contribution in [0.5, 0.6) is 0 Å². The van der Waals surface area contributed by atoms with Crippen molar-refractivity contribution in [2.24, 2.45) is 7.05 Å². The molecule has 7 nitrogen and oxygen atoms in total. The summed E-state index contributed by atoms with van der Waals surface area (Å²) in [5, 5.41) is 9.16. The van der Waals surface area contributed by atoms with Gasteiger partial charge >= 0.3 is 0 Å². The Morgan fingerprint density at radius 1 is 0.933 bits per heavy atom. The number of aryl methyl sites for hydroxylation is 1. The number of rotatable bonds is 3. The van der Waals surface area contributed by atoms with Crippen LogP contribution in [0.4, 0.5) is 10.2 Å². The fourth-order valence-electron chi connectivity index (χ4n) is 3.69. The lowest BCUT2D eigenvalue weighted by Crippen LogP contribution is -2.45. The van der Waals surface area contributed by atoms with Crippen molar-refractivity contribution >= 4 is 23.9 Å². The van der Waals surface area contributed by atoms with Crippen LogP contribution in [0.25, 0.3) is 28.0 Å². The second-order valence-electron chi connectivity index (χ2n) is 7.51. The summed E-state index contributed by atoms with van der Waals surface area (Å²) in [5.41, 5.74) is 4.35. The fourth-order valence-corrected chi connectivity index (χ4v) is 3.69. The van der Waals surface area contributed by atoms with Crippen LogP contribution in [0, 0.1) is 5.82 Å². The summed E-state index contributed by atoms with van der Waals surface area (Å²) >= 11 is 0. The molecule has 4 aromatic rings. The van der Waals surface area contributed by atoms with Gasteiger partial charge in [-0.1, -0.05) is 0 Å². The van der Waals surface area contributed by atoms with E-state index in [1.54, 1.807) is 16.8 Å². The van der Waals surface area contributed by atoms with Gasteiger partial charge in [-0.2, -0.15) is 5.10 Å². The summed E-state index contributed by atoms with van der Waals surface area (Å²) in [6.07, 6.45) is 5.73. The number of hydrogen-bond donors (Lipinski definition) is 0. The Kier molecular flexibility index (Phi) is 5.44. The van der Waals surface area contributed by atoms with Crippen LogP contribution in [0.2, 0.25) is 0 Å². The number of anilines is 1. The van der Waals surface area contributed by atoms with E-state index in [0.717, 1.165) is 60.0 Å². The van der Waals surface area contributed by atoms with Gasteiger partial charge in [0.15, 0.2) is 5.65 Å². The number of hydrogen-bond acceptors (Lipinski definition) is 5. The van der Waals surface area contributed by atoms with Gasteiger partial charge in [-0.15, -0.1) is 17.5 Å². The standard InChI is InChI=1S/C21H22FN7.ClH/c1-26-7-9-28(10-8-26)20-11-18(16-12-23-27(2)13-16)21-24-19(14-29(21)25-20)15-3-5-17(22)6-4-15;/h3-6,11-14H,7-10H2,1-2H3;1H. The Bertz CT molecular complexity index is 1160. The van der Waals surface area contributed by atoms with Gasteiger partial charge in [0.1, 0.15) is 11.6 Å². The molecule has 30 heavy (non-hydrogen) atoms. The lowest BCUT2D eigenvalue weighted by atomic mass is 10.1. The Balaban J connectivity index is 0.00000218. The summed E-state index contributed by atoms with van der Waals surface area (Å²) in [4.78, 5) is 9.43. The fraction of sp³-hybridized carbons (Fsp3) is 0.286. The van der Waals surface area contributed by atoms with Gasteiger partial charge in [-0.05, 0) is 37.4 Å². The molecular formula is C21H23ClFN7. The molecule has 1 aliphatic rings. The van der Waals surface area contributed by atoms with E-state index in [1.807, 2.05) is 30.2 Å². The van der Waals surface area contributed by atoms with Crippen molar-refractivity contribution in [3.05, 3.63) is 54.7 Å². The Morgan fingerprint density at radius 2 is 1.67 bits per heavy atom. The van der Waals surface area contributed by atoms with Crippen molar-refractivity contribution < 1.29 is 4.39 Å². The predicted octanol–water partition coefficient (Wildman–Crippen LogP) is 3.11. The minimum atomic E-state index is -0.260. The van der Waals surface area contributed by atoms with Crippen LogP contribution < -0.4 is 4.90 Å². The number of fused-ring (bicyclic) bond motifs is 1. The van der Waals surface area contributed by atoms with E-state index in [2.05, 4.69) is 28.0 Å². The van der Waals surface area contributed by atoms with Crippen molar-refractivity contribution in [3.63, 3.8) is 0 Å². The molecule has 4 heterocycles. The van der Waals surface area contributed by atoms with E-state index in [-0.39, 0.29) is 18.2 Å². The van der Waals surface area contributed by atoms with Gasteiger partial charge < -0.3 is 9.80 Å². The Hall–Kier alpha value is -2.97. The second kappa shape index (κ2) is 8.04. The van der Waals surface area contributed by atoms with Crippen LogP contribution in [0.3, 0.4) is 0 Å². The lowest BCUT2D eigenvalue weighted by molar-refractivity contribution is 0.311. The molecule has 0 spiro atoms. The third kappa shape index (κ3) is 3.76. The molecule has 0 aliphatic carbocycles. The van der Waals surface area contributed by atoms with Crippen LogP contribution in [-0.4, -0.2) is 62.5 Å². The third-order valence-electron chi connectivity index (χ3n) is 5.40. The zero-order valence-electron chi connectivity index (χ0n) is 16.9. The van der Waals surface area contributed by atoms with Crippen molar-refractivity contribution in [3.8, 4) is 22.4 Å². The normalized spacial score (nSPS) is 14.8. The van der Waals surface area contributed by atoms with Gasteiger partial charge in [-0.25, -0.2) is 13.9 Å². The first-order valence-electron chi connectivity index (χ1n) is 9.66. The molecule has 1 aromatic carbocycles. The highest BCUT2D eigenvalue weighted by Gasteiger charge is 2.20. The van der Waals surface area contributed by atoms with Gasteiger partial charge in [0, 0.05) is 56.1 Å². The number of aromatic nitrogens is 5. The van der Waals surface area contributed by atoms with Crippen molar-refractivity contribution in [2.45, 2.75) is 0 Å². The number of imidazole rings is 1. The van der Waals surface area contributed by atoms with Crippen LogP contribution in [-0.2, 0) is 7.05 Å². The van der Waals surface area contributed by atoms with Crippen LogP contribution >= 0.6 is 12.4 Å². The van der Waals surface area contributed by atoms with Crippen LogP contribution in [0.1, 0.15) is 0 Å².